The van der Waals surface area contributed by atoms with Gasteiger partial charge in [-0.05, 0) is 47.4 Å². The number of hydrogen-bond acceptors (Lipinski definition) is 3. The van der Waals surface area contributed by atoms with E-state index in [1.807, 2.05) is 13.0 Å². The monoisotopic (exact) mass is 286 g/mol. The van der Waals surface area contributed by atoms with Gasteiger partial charge >= 0.3 is 0 Å². The van der Waals surface area contributed by atoms with Gasteiger partial charge in [0.1, 0.15) is 0 Å². The van der Waals surface area contributed by atoms with Crippen LogP contribution in [0, 0.1) is 0 Å². The number of hydrogen-bond donors (Lipinski definition) is 2. The van der Waals surface area contributed by atoms with Crippen LogP contribution in [0.2, 0.25) is 0 Å². The number of nitrogens with zero attached hydrogens (tertiary/aromatic N) is 1. The summed E-state index contributed by atoms with van der Waals surface area (Å²) in [6.07, 6.45) is 5.22. The number of rotatable bonds is 6. The molecular formula is C12H19BrN2O. The summed E-state index contributed by atoms with van der Waals surface area (Å²) in [4.78, 5) is 4.09. The van der Waals surface area contributed by atoms with E-state index in [-0.39, 0.29) is 0 Å². The van der Waals surface area contributed by atoms with Gasteiger partial charge in [-0.15, -0.1) is 0 Å². The first-order valence-electron chi connectivity index (χ1n) is 5.56. The molecule has 1 heterocycles. The third-order valence-corrected chi connectivity index (χ3v) is 2.71. The van der Waals surface area contributed by atoms with Crippen LogP contribution < -0.4 is 5.32 Å². The maximum absolute atomic E-state index is 10.2. The maximum atomic E-state index is 10.2. The van der Waals surface area contributed by atoms with Crippen LogP contribution in [0.5, 0.6) is 0 Å². The molecule has 0 bridgehead atoms. The van der Waals surface area contributed by atoms with Gasteiger partial charge in [-0.3, -0.25) is 4.98 Å². The fraction of sp³-hybridized carbons (Fsp3) is 0.583. The summed E-state index contributed by atoms with van der Waals surface area (Å²) in [6.45, 7) is 5.50. The molecule has 0 radical (unpaired) electrons. The normalized spacial score (nSPS) is 14.8. The lowest BCUT2D eigenvalue weighted by molar-refractivity contribution is 0.0603. The first kappa shape index (κ1) is 13.6. The third-order valence-electron chi connectivity index (χ3n) is 2.28. The molecule has 1 unspecified atom stereocenters. The van der Waals surface area contributed by atoms with Crippen molar-refractivity contribution < 1.29 is 5.11 Å². The number of aliphatic hydroxyl groups is 1. The van der Waals surface area contributed by atoms with Crippen LogP contribution in [0.25, 0.3) is 0 Å². The zero-order valence-electron chi connectivity index (χ0n) is 9.83. The predicted molar refractivity (Wildman–Crippen MR) is 69.4 cm³/mol. The SMILES string of the molecule is CCCNCC(C)(O)Cc1cncc(Br)c1. The minimum Gasteiger partial charge on any atom is -0.389 e. The number of nitrogens with one attached hydrogen (secondary N) is 1. The highest BCUT2D eigenvalue weighted by Gasteiger charge is 2.20. The van der Waals surface area contributed by atoms with Crippen molar-refractivity contribution >= 4 is 15.9 Å². The topological polar surface area (TPSA) is 45.1 Å². The van der Waals surface area contributed by atoms with Crippen LogP contribution in [0.1, 0.15) is 25.8 Å². The molecule has 0 fully saturated rings. The smallest absolute Gasteiger partial charge is 0.0784 e. The highest BCUT2D eigenvalue weighted by molar-refractivity contribution is 9.10. The molecule has 1 atom stereocenters. The van der Waals surface area contributed by atoms with Gasteiger partial charge in [0, 0.05) is 29.8 Å². The lowest BCUT2D eigenvalue weighted by Gasteiger charge is -2.23. The Morgan fingerprint density at radius 2 is 2.25 bits per heavy atom. The summed E-state index contributed by atoms with van der Waals surface area (Å²) in [5.41, 5.74) is 0.315. The molecule has 0 spiro atoms. The molecule has 3 nitrogen and oxygen atoms in total. The highest BCUT2D eigenvalue weighted by Crippen LogP contribution is 2.15. The zero-order chi connectivity index (χ0) is 12.0. The van der Waals surface area contributed by atoms with Gasteiger partial charge in [-0.1, -0.05) is 6.92 Å². The van der Waals surface area contributed by atoms with E-state index in [0.717, 1.165) is 23.0 Å². The molecule has 1 aromatic rings. The molecule has 4 heteroatoms. The quantitative estimate of drug-likeness (QED) is 0.788. The van der Waals surface area contributed by atoms with E-state index in [9.17, 15) is 5.11 Å². The van der Waals surface area contributed by atoms with Gasteiger partial charge in [0.05, 0.1) is 5.60 Å². The Bertz CT molecular complexity index is 329. The predicted octanol–water partition coefficient (Wildman–Crippen LogP) is 2.14. The largest absolute Gasteiger partial charge is 0.389 e. The van der Waals surface area contributed by atoms with Gasteiger partial charge in [-0.25, -0.2) is 0 Å². The van der Waals surface area contributed by atoms with Gasteiger partial charge in [0.25, 0.3) is 0 Å². The Morgan fingerprint density at radius 1 is 1.50 bits per heavy atom. The average molecular weight is 287 g/mol. The van der Waals surface area contributed by atoms with Crippen LogP contribution in [0.15, 0.2) is 22.9 Å². The molecule has 0 aromatic carbocycles. The lowest BCUT2D eigenvalue weighted by atomic mass is 9.97. The maximum Gasteiger partial charge on any atom is 0.0784 e. The molecule has 0 aliphatic rings. The Balaban J connectivity index is 2.51. The Hall–Kier alpha value is -0.450. The Labute approximate surface area is 105 Å². The van der Waals surface area contributed by atoms with E-state index >= 15 is 0 Å². The second kappa shape index (κ2) is 6.33. The molecule has 90 valence electrons. The van der Waals surface area contributed by atoms with Crippen molar-refractivity contribution in [3.63, 3.8) is 0 Å². The summed E-state index contributed by atoms with van der Waals surface area (Å²) in [6, 6.07) is 1.99. The molecule has 0 saturated carbocycles. The molecule has 2 N–H and O–H groups in total. The van der Waals surface area contributed by atoms with E-state index in [4.69, 9.17) is 0 Å². The summed E-state index contributed by atoms with van der Waals surface area (Å²) in [5.74, 6) is 0. The molecule has 0 amide bonds. The van der Waals surface area contributed by atoms with E-state index < -0.39 is 5.60 Å². The zero-order valence-corrected chi connectivity index (χ0v) is 11.4. The minimum absolute atomic E-state index is 0.605. The van der Waals surface area contributed by atoms with Crippen molar-refractivity contribution in [3.05, 3.63) is 28.5 Å². The van der Waals surface area contributed by atoms with Crippen molar-refractivity contribution in [2.45, 2.75) is 32.3 Å². The fourth-order valence-corrected chi connectivity index (χ4v) is 2.00. The average Bonchev–Trinajstić information content (AvgIpc) is 2.17. The second-order valence-electron chi connectivity index (χ2n) is 4.36. The van der Waals surface area contributed by atoms with Gasteiger partial charge in [0.2, 0.25) is 0 Å². The van der Waals surface area contributed by atoms with Crippen LogP contribution in [0.3, 0.4) is 0 Å². The molecular weight excluding hydrogens is 268 g/mol. The third kappa shape index (κ3) is 5.05. The standard InChI is InChI=1S/C12H19BrN2O/c1-3-4-14-9-12(2,16)6-10-5-11(13)8-15-7-10/h5,7-8,14,16H,3-4,6,9H2,1-2H3. The molecule has 0 aliphatic carbocycles. The van der Waals surface area contributed by atoms with E-state index in [2.05, 4.69) is 33.2 Å². The first-order chi connectivity index (χ1) is 7.53. The van der Waals surface area contributed by atoms with E-state index in [1.54, 1.807) is 12.4 Å². The van der Waals surface area contributed by atoms with Gasteiger partial charge in [0.15, 0.2) is 0 Å². The van der Waals surface area contributed by atoms with Crippen molar-refractivity contribution in [3.8, 4) is 0 Å². The van der Waals surface area contributed by atoms with Crippen molar-refractivity contribution in [1.82, 2.24) is 10.3 Å². The van der Waals surface area contributed by atoms with Crippen LogP contribution in [-0.2, 0) is 6.42 Å². The number of aromatic nitrogens is 1. The Kier molecular flexibility index (Phi) is 5.38. The summed E-state index contributed by atoms with van der Waals surface area (Å²) >= 11 is 3.37. The summed E-state index contributed by atoms with van der Waals surface area (Å²) in [5, 5.41) is 13.4. The highest BCUT2D eigenvalue weighted by atomic mass is 79.9. The Morgan fingerprint density at radius 3 is 2.88 bits per heavy atom. The fourth-order valence-electron chi connectivity index (χ4n) is 1.59. The van der Waals surface area contributed by atoms with Crippen molar-refractivity contribution in [2.24, 2.45) is 0 Å². The molecule has 16 heavy (non-hydrogen) atoms. The summed E-state index contributed by atoms with van der Waals surface area (Å²) in [7, 11) is 0. The molecule has 1 rings (SSSR count). The van der Waals surface area contributed by atoms with Crippen molar-refractivity contribution in [1.29, 1.82) is 0 Å². The van der Waals surface area contributed by atoms with Gasteiger partial charge in [-0.2, -0.15) is 0 Å². The number of pyridine rings is 1. The number of halogens is 1. The van der Waals surface area contributed by atoms with Crippen LogP contribution >= 0.6 is 15.9 Å². The molecule has 1 aromatic heterocycles. The van der Waals surface area contributed by atoms with Crippen LogP contribution in [-0.4, -0.2) is 28.8 Å². The van der Waals surface area contributed by atoms with E-state index in [1.165, 1.54) is 0 Å². The first-order valence-corrected chi connectivity index (χ1v) is 6.35. The minimum atomic E-state index is -0.725. The molecule has 0 saturated heterocycles. The van der Waals surface area contributed by atoms with E-state index in [0.29, 0.717) is 13.0 Å². The second-order valence-corrected chi connectivity index (χ2v) is 5.28. The lowest BCUT2D eigenvalue weighted by Crippen LogP contribution is -2.40. The molecule has 0 aliphatic heterocycles. The van der Waals surface area contributed by atoms with Gasteiger partial charge < -0.3 is 10.4 Å². The van der Waals surface area contributed by atoms with Crippen molar-refractivity contribution in [2.75, 3.05) is 13.1 Å². The summed E-state index contributed by atoms with van der Waals surface area (Å²) < 4.78 is 0.947. The van der Waals surface area contributed by atoms with Crippen LogP contribution in [0.4, 0.5) is 0 Å².